The van der Waals surface area contributed by atoms with Gasteiger partial charge in [0.05, 0.1) is 5.92 Å². The molecule has 19 heavy (non-hydrogen) atoms. The minimum Gasteiger partial charge on any atom is -0.481 e. The van der Waals surface area contributed by atoms with E-state index in [0.717, 1.165) is 0 Å². The third-order valence-electron chi connectivity index (χ3n) is 3.45. The lowest BCUT2D eigenvalue weighted by Crippen LogP contribution is -2.36. The molecule has 2 aromatic rings. The molecule has 0 amide bonds. The number of benzene rings is 1. The van der Waals surface area contributed by atoms with Crippen LogP contribution in [0.1, 0.15) is 12.8 Å². The monoisotopic (exact) mass is 264 g/mol. The van der Waals surface area contributed by atoms with Crippen molar-refractivity contribution in [1.82, 2.24) is 4.98 Å². The summed E-state index contributed by atoms with van der Waals surface area (Å²) in [5.74, 6) is -1.39. The van der Waals surface area contributed by atoms with Crippen LogP contribution in [0.5, 0.6) is 0 Å². The van der Waals surface area contributed by atoms with E-state index in [9.17, 15) is 9.18 Å². The smallest absolute Gasteiger partial charge is 0.306 e. The summed E-state index contributed by atoms with van der Waals surface area (Å²) in [6, 6.07) is 4.63. The second-order valence-corrected chi connectivity index (χ2v) is 4.71. The first-order valence-electron chi connectivity index (χ1n) is 6.17. The van der Waals surface area contributed by atoms with Crippen LogP contribution < -0.4 is 4.90 Å². The number of hydrogen-bond donors (Lipinski definition) is 1. The number of carboxylic acid groups (broad SMARTS) is 1. The van der Waals surface area contributed by atoms with Crippen LogP contribution in [0, 0.1) is 11.7 Å². The fourth-order valence-electron chi connectivity index (χ4n) is 2.34. The van der Waals surface area contributed by atoms with Crippen LogP contribution in [0.25, 0.3) is 11.1 Å². The van der Waals surface area contributed by atoms with E-state index in [2.05, 4.69) is 4.98 Å². The summed E-state index contributed by atoms with van der Waals surface area (Å²) in [6.07, 6.45) is 1.14. The molecule has 6 heteroatoms. The molecule has 5 nitrogen and oxygen atoms in total. The summed E-state index contributed by atoms with van der Waals surface area (Å²) >= 11 is 0. The maximum Gasteiger partial charge on any atom is 0.306 e. The fourth-order valence-corrected chi connectivity index (χ4v) is 2.34. The first-order valence-corrected chi connectivity index (χ1v) is 6.17. The molecule has 0 radical (unpaired) electrons. The van der Waals surface area contributed by atoms with Crippen LogP contribution in [0.2, 0.25) is 0 Å². The number of fused-ring (bicyclic) bond motifs is 1. The summed E-state index contributed by atoms with van der Waals surface area (Å²) in [5.41, 5.74) is 1.02. The average Bonchev–Trinajstić information content (AvgIpc) is 2.81. The van der Waals surface area contributed by atoms with E-state index in [0.29, 0.717) is 43.0 Å². The van der Waals surface area contributed by atoms with E-state index in [4.69, 9.17) is 9.52 Å². The molecule has 0 bridgehead atoms. The Kier molecular flexibility index (Phi) is 2.85. The molecule has 1 saturated heterocycles. The normalized spacial score (nSPS) is 17.0. The second kappa shape index (κ2) is 4.53. The number of halogens is 1. The molecule has 2 heterocycles. The van der Waals surface area contributed by atoms with Crippen LogP contribution in [0.4, 0.5) is 10.4 Å². The van der Waals surface area contributed by atoms with Crippen molar-refractivity contribution in [3.63, 3.8) is 0 Å². The van der Waals surface area contributed by atoms with Gasteiger partial charge in [0.1, 0.15) is 11.3 Å². The molecule has 0 aliphatic carbocycles. The molecule has 1 aliphatic heterocycles. The van der Waals surface area contributed by atoms with Gasteiger partial charge in [0.25, 0.3) is 6.01 Å². The predicted molar refractivity (Wildman–Crippen MR) is 66.5 cm³/mol. The minimum absolute atomic E-state index is 0.293. The van der Waals surface area contributed by atoms with Gasteiger partial charge in [-0.25, -0.2) is 4.39 Å². The van der Waals surface area contributed by atoms with E-state index in [1.807, 2.05) is 4.90 Å². The van der Waals surface area contributed by atoms with Gasteiger partial charge in [0.15, 0.2) is 5.58 Å². The predicted octanol–water partition coefficient (Wildman–Crippen LogP) is 2.27. The Hall–Kier alpha value is -2.11. The Morgan fingerprint density at radius 2 is 2.16 bits per heavy atom. The Balaban J connectivity index is 1.80. The highest BCUT2D eigenvalue weighted by Gasteiger charge is 2.26. The zero-order valence-corrected chi connectivity index (χ0v) is 10.2. The highest BCUT2D eigenvalue weighted by Crippen LogP contribution is 2.26. The Labute approximate surface area is 108 Å². The Morgan fingerprint density at radius 3 is 2.84 bits per heavy atom. The van der Waals surface area contributed by atoms with Crippen molar-refractivity contribution in [1.29, 1.82) is 0 Å². The number of rotatable bonds is 2. The Bertz CT molecular complexity index is 617. The summed E-state index contributed by atoms with van der Waals surface area (Å²) in [4.78, 5) is 17.0. The fraction of sp³-hybridized carbons (Fsp3) is 0.385. The van der Waals surface area contributed by atoms with Gasteiger partial charge in [-0.05, 0) is 25.0 Å². The van der Waals surface area contributed by atoms with Crippen molar-refractivity contribution < 1.29 is 18.7 Å². The van der Waals surface area contributed by atoms with Crippen molar-refractivity contribution in [2.75, 3.05) is 18.0 Å². The highest BCUT2D eigenvalue weighted by atomic mass is 19.1. The van der Waals surface area contributed by atoms with Crippen LogP contribution in [-0.2, 0) is 4.79 Å². The van der Waals surface area contributed by atoms with Gasteiger partial charge >= 0.3 is 5.97 Å². The molecule has 0 atom stereocenters. The summed E-state index contributed by atoms with van der Waals surface area (Å²) in [7, 11) is 0. The number of piperidine rings is 1. The van der Waals surface area contributed by atoms with Gasteiger partial charge in [0.2, 0.25) is 0 Å². The van der Waals surface area contributed by atoms with E-state index in [1.165, 1.54) is 12.1 Å². The average molecular weight is 264 g/mol. The van der Waals surface area contributed by atoms with E-state index >= 15 is 0 Å². The number of aromatic nitrogens is 1. The number of oxazole rings is 1. The zero-order valence-electron chi connectivity index (χ0n) is 10.2. The lowest BCUT2D eigenvalue weighted by Gasteiger charge is -2.28. The molecule has 0 spiro atoms. The van der Waals surface area contributed by atoms with Crippen molar-refractivity contribution >= 4 is 23.1 Å². The molecular weight excluding hydrogens is 251 g/mol. The van der Waals surface area contributed by atoms with E-state index < -0.39 is 5.97 Å². The van der Waals surface area contributed by atoms with Crippen molar-refractivity contribution in [2.45, 2.75) is 12.8 Å². The largest absolute Gasteiger partial charge is 0.481 e. The Morgan fingerprint density at radius 1 is 1.42 bits per heavy atom. The molecule has 100 valence electrons. The summed E-state index contributed by atoms with van der Waals surface area (Å²) in [5, 5.41) is 8.94. The third-order valence-corrected chi connectivity index (χ3v) is 3.45. The lowest BCUT2D eigenvalue weighted by molar-refractivity contribution is -0.142. The summed E-state index contributed by atoms with van der Waals surface area (Å²) < 4.78 is 18.6. The first-order chi connectivity index (χ1) is 9.13. The van der Waals surface area contributed by atoms with Crippen LogP contribution >= 0.6 is 0 Å². The molecule has 1 aromatic carbocycles. The number of carbonyl (C=O) groups is 1. The molecule has 1 aromatic heterocycles. The molecule has 0 saturated carbocycles. The van der Waals surface area contributed by atoms with Crippen molar-refractivity contribution in [3.05, 3.63) is 24.0 Å². The van der Waals surface area contributed by atoms with Crippen LogP contribution in [0.3, 0.4) is 0 Å². The quantitative estimate of drug-likeness (QED) is 0.901. The number of hydrogen-bond acceptors (Lipinski definition) is 4. The van der Waals surface area contributed by atoms with Gasteiger partial charge in [0, 0.05) is 19.2 Å². The van der Waals surface area contributed by atoms with Gasteiger partial charge in [-0.15, -0.1) is 0 Å². The maximum atomic E-state index is 13.1. The van der Waals surface area contributed by atoms with Gasteiger partial charge in [-0.3, -0.25) is 4.79 Å². The van der Waals surface area contributed by atoms with E-state index in [1.54, 1.807) is 6.07 Å². The van der Waals surface area contributed by atoms with Crippen molar-refractivity contribution in [3.8, 4) is 0 Å². The third kappa shape index (κ3) is 2.25. The number of anilines is 1. The van der Waals surface area contributed by atoms with Gasteiger partial charge < -0.3 is 14.4 Å². The molecule has 0 unspecified atom stereocenters. The summed E-state index contributed by atoms with van der Waals surface area (Å²) in [6.45, 7) is 1.18. The molecule has 1 aliphatic rings. The van der Waals surface area contributed by atoms with E-state index in [-0.39, 0.29) is 11.7 Å². The highest BCUT2D eigenvalue weighted by molar-refractivity contribution is 5.74. The minimum atomic E-state index is -0.751. The molecular formula is C13H13FN2O3. The standard InChI is InChI=1S/C13H13FN2O3/c14-9-1-2-11-10(7-9)15-13(19-11)16-5-3-8(4-6-16)12(17)18/h1-2,7-8H,3-6H2,(H,17,18). The SMILES string of the molecule is O=C(O)C1CCN(c2nc3cc(F)ccc3o2)CC1. The zero-order chi connectivity index (χ0) is 13.4. The topological polar surface area (TPSA) is 66.6 Å². The first kappa shape index (κ1) is 12.0. The lowest BCUT2D eigenvalue weighted by atomic mass is 9.97. The molecule has 1 N–H and O–H groups in total. The number of carboxylic acids is 1. The maximum absolute atomic E-state index is 13.1. The van der Waals surface area contributed by atoms with Crippen molar-refractivity contribution in [2.24, 2.45) is 5.92 Å². The number of aliphatic carboxylic acids is 1. The van der Waals surface area contributed by atoms with Gasteiger partial charge in [-0.2, -0.15) is 4.98 Å². The van der Waals surface area contributed by atoms with Crippen LogP contribution in [-0.4, -0.2) is 29.1 Å². The van der Waals surface area contributed by atoms with Crippen LogP contribution in [0.15, 0.2) is 22.6 Å². The second-order valence-electron chi connectivity index (χ2n) is 4.71. The number of nitrogens with zero attached hydrogens (tertiary/aromatic N) is 2. The van der Waals surface area contributed by atoms with Gasteiger partial charge in [-0.1, -0.05) is 0 Å². The molecule has 3 rings (SSSR count). The molecule has 1 fully saturated rings.